The van der Waals surface area contributed by atoms with Crippen molar-refractivity contribution in [3.05, 3.63) is 95.3 Å². The Hall–Kier alpha value is -2.69. The van der Waals surface area contributed by atoms with Crippen LogP contribution in [0.5, 0.6) is 0 Å². The quantitative estimate of drug-likeness (QED) is 0.321. The van der Waals surface area contributed by atoms with Crippen LogP contribution in [0.15, 0.2) is 79.1 Å². The van der Waals surface area contributed by atoms with Gasteiger partial charge in [0, 0.05) is 22.8 Å². The normalized spacial score (nSPS) is 11.6. The highest BCUT2D eigenvalue weighted by molar-refractivity contribution is 7.81. The van der Waals surface area contributed by atoms with E-state index < -0.39 is 0 Å². The molecule has 130 valence electrons. The zero-order valence-electron chi connectivity index (χ0n) is 14.1. The lowest BCUT2D eigenvalue weighted by molar-refractivity contribution is -0.577. The van der Waals surface area contributed by atoms with Crippen molar-refractivity contribution < 1.29 is 9.67 Å². The average molecular weight is 381 g/mol. The Morgan fingerprint density at radius 1 is 0.962 bits per heavy atom. The summed E-state index contributed by atoms with van der Waals surface area (Å²) in [7, 11) is 0. The van der Waals surface area contributed by atoms with Crippen molar-refractivity contribution in [1.82, 2.24) is 0 Å². The van der Waals surface area contributed by atoms with Crippen LogP contribution < -0.4 is 15.0 Å². The molecule has 0 unspecified atom stereocenters. The summed E-state index contributed by atoms with van der Waals surface area (Å²) in [6.45, 7) is 1.99. The second-order valence-corrected chi connectivity index (χ2v) is 6.58. The van der Waals surface area contributed by atoms with Gasteiger partial charge in [-0.05, 0) is 42.0 Å². The Bertz CT molecular complexity index is 953. The molecule has 0 radical (unpaired) electrons. The van der Waals surface area contributed by atoms with Crippen LogP contribution in [0.1, 0.15) is 11.1 Å². The maximum absolute atomic E-state index is 13.1. The zero-order valence-corrected chi connectivity index (χ0v) is 15.7. The number of hydrogen-bond donors (Lipinski definition) is 1. The third kappa shape index (κ3) is 4.10. The first kappa shape index (κ1) is 18.1. The molecule has 1 aromatic heterocycles. The molecule has 0 fully saturated rings. The Balaban J connectivity index is 2.06. The Kier molecular flexibility index (Phi) is 5.66. The summed E-state index contributed by atoms with van der Waals surface area (Å²) in [6, 6.07) is 20.2. The molecule has 3 nitrogen and oxygen atoms in total. The molecule has 0 saturated heterocycles. The third-order valence-corrected chi connectivity index (χ3v) is 4.45. The number of thiocarbonyl (C=S) groups is 1. The van der Waals surface area contributed by atoms with Crippen molar-refractivity contribution in [3.8, 4) is 0 Å². The van der Waals surface area contributed by atoms with Gasteiger partial charge >= 0.3 is 0 Å². The van der Waals surface area contributed by atoms with Gasteiger partial charge in [0.25, 0.3) is 0 Å². The lowest BCUT2D eigenvalue weighted by atomic mass is 10.1. The van der Waals surface area contributed by atoms with Crippen LogP contribution in [0.25, 0.3) is 11.5 Å². The predicted molar refractivity (Wildman–Crippen MR) is 109 cm³/mol. The van der Waals surface area contributed by atoms with Crippen molar-refractivity contribution in [2.45, 2.75) is 6.92 Å². The van der Waals surface area contributed by atoms with Crippen molar-refractivity contribution >= 4 is 46.0 Å². The molecule has 0 amide bonds. The van der Waals surface area contributed by atoms with Gasteiger partial charge in [-0.15, -0.1) is 0 Å². The van der Waals surface area contributed by atoms with Crippen LogP contribution in [0.4, 0.5) is 5.69 Å². The number of rotatable bonds is 4. The van der Waals surface area contributed by atoms with Crippen LogP contribution >= 0.6 is 23.8 Å². The average Bonchev–Trinajstić information content (AvgIpc) is 2.65. The second-order valence-electron chi connectivity index (χ2n) is 5.74. The topological polar surface area (TPSA) is 39.0 Å². The fourth-order valence-electron chi connectivity index (χ4n) is 2.52. The van der Waals surface area contributed by atoms with E-state index in [0.29, 0.717) is 21.3 Å². The number of pyridine rings is 1. The number of para-hydroxylation sites is 1. The van der Waals surface area contributed by atoms with Crippen LogP contribution in [-0.4, -0.2) is 4.99 Å². The van der Waals surface area contributed by atoms with E-state index in [1.807, 2.05) is 49.4 Å². The molecule has 1 heterocycles. The molecule has 26 heavy (non-hydrogen) atoms. The van der Waals surface area contributed by atoms with E-state index in [-0.39, 0.29) is 5.76 Å². The molecular formula is C21H17ClN2OS. The third-order valence-electron chi connectivity index (χ3n) is 3.90. The summed E-state index contributed by atoms with van der Waals surface area (Å²) in [5.74, 6) is -0.177. The molecule has 0 aliphatic rings. The van der Waals surface area contributed by atoms with Gasteiger partial charge in [-0.3, -0.25) is 0 Å². The molecule has 0 saturated carbocycles. The smallest absolute Gasteiger partial charge is 0.238 e. The van der Waals surface area contributed by atoms with Gasteiger partial charge in [-0.25, -0.2) is 0 Å². The molecular weight excluding hydrogens is 364 g/mol. The van der Waals surface area contributed by atoms with Gasteiger partial charge in [0.15, 0.2) is 17.4 Å². The minimum absolute atomic E-state index is 0.177. The number of aromatic nitrogens is 1. The highest BCUT2D eigenvalue weighted by Gasteiger charge is 2.19. The first-order valence-corrected chi connectivity index (χ1v) is 8.86. The number of aryl methyl sites for hydroxylation is 1. The fourth-order valence-corrected chi connectivity index (χ4v) is 2.95. The van der Waals surface area contributed by atoms with Gasteiger partial charge < -0.3 is 10.4 Å². The molecule has 0 bridgehead atoms. The Morgan fingerprint density at radius 3 is 2.27 bits per heavy atom. The number of hydrogen-bond acceptors (Lipinski definition) is 2. The van der Waals surface area contributed by atoms with Crippen molar-refractivity contribution in [2.24, 2.45) is 0 Å². The molecule has 1 N–H and O–H groups in total. The van der Waals surface area contributed by atoms with Gasteiger partial charge in [0.2, 0.25) is 5.70 Å². The highest BCUT2D eigenvalue weighted by atomic mass is 35.5. The highest BCUT2D eigenvalue weighted by Crippen LogP contribution is 2.20. The summed E-state index contributed by atoms with van der Waals surface area (Å²) < 4.78 is 1.73. The fraction of sp³-hybridized carbons (Fsp3) is 0.0476. The van der Waals surface area contributed by atoms with Crippen LogP contribution in [-0.2, 0) is 0 Å². The Morgan fingerprint density at radius 2 is 1.62 bits per heavy atom. The molecule has 2 aromatic carbocycles. The minimum Gasteiger partial charge on any atom is -0.867 e. The summed E-state index contributed by atoms with van der Waals surface area (Å²) in [5, 5.41) is 16.9. The zero-order chi connectivity index (χ0) is 18.5. The lowest BCUT2D eigenvalue weighted by Gasteiger charge is -2.17. The standard InChI is InChI=1S/C21H17ClN2OS/c1-15-7-3-4-8-18(15)23-21(26)19(24-13-5-2-6-14-24)20(25)16-9-11-17(22)12-10-16/h2-14H,1H3,(H-,23,25,26). The van der Waals surface area contributed by atoms with E-state index in [9.17, 15) is 5.11 Å². The van der Waals surface area contributed by atoms with Crippen LogP contribution in [0.2, 0.25) is 5.02 Å². The second kappa shape index (κ2) is 8.13. The largest absolute Gasteiger partial charge is 0.867 e. The minimum atomic E-state index is -0.177. The first-order chi connectivity index (χ1) is 12.6. The number of nitrogens with one attached hydrogen (secondary N) is 1. The molecule has 5 heteroatoms. The molecule has 3 aromatic rings. The SMILES string of the molecule is Cc1ccccc1NC(=S)C(=C([O-])c1ccc(Cl)cc1)[n+]1ccccc1. The monoisotopic (exact) mass is 380 g/mol. The molecule has 0 aliphatic heterocycles. The van der Waals surface area contributed by atoms with E-state index in [1.54, 1.807) is 41.2 Å². The first-order valence-electron chi connectivity index (χ1n) is 8.07. The summed E-state index contributed by atoms with van der Waals surface area (Å²) in [6.07, 6.45) is 3.60. The van der Waals surface area contributed by atoms with E-state index in [0.717, 1.165) is 11.3 Å². The van der Waals surface area contributed by atoms with Gasteiger partial charge in [-0.2, -0.15) is 4.57 Å². The van der Waals surface area contributed by atoms with E-state index in [4.69, 9.17) is 23.8 Å². The van der Waals surface area contributed by atoms with E-state index in [1.165, 1.54) is 0 Å². The number of anilines is 1. The van der Waals surface area contributed by atoms with Crippen molar-refractivity contribution in [3.63, 3.8) is 0 Å². The van der Waals surface area contributed by atoms with Crippen molar-refractivity contribution in [2.75, 3.05) is 5.32 Å². The number of nitrogens with zero attached hydrogens (tertiary/aromatic N) is 1. The summed E-state index contributed by atoms with van der Waals surface area (Å²) in [5.41, 5.74) is 2.82. The van der Waals surface area contributed by atoms with Gasteiger partial charge in [0.1, 0.15) is 0 Å². The van der Waals surface area contributed by atoms with E-state index in [2.05, 4.69) is 5.32 Å². The number of halogens is 1. The van der Waals surface area contributed by atoms with Gasteiger partial charge in [-0.1, -0.05) is 60.2 Å². The van der Waals surface area contributed by atoms with Crippen LogP contribution in [0, 0.1) is 6.92 Å². The lowest BCUT2D eigenvalue weighted by Crippen LogP contribution is -2.39. The maximum Gasteiger partial charge on any atom is 0.238 e. The number of benzene rings is 2. The molecule has 0 atom stereocenters. The van der Waals surface area contributed by atoms with Crippen molar-refractivity contribution in [1.29, 1.82) is 0 Å². The predicted octanol–water partition coefficient (Wildman–Crippen LogP) is 4.06. The summed E-state index contributed by atoms with van der Waals surface area (Å²) >= 11 is 11.5. The molecule has 0 spiro atoms. The Labute approximate surface area is 163 Å². The molecule has 3 rings (SSSR count). The molecule has 0 aliphatic carbocycles. The van der Waals surface area contributed by atoms with E-state index >= 15 is 0 Å². The van der Waals surface area contributed by atoms with Gasteiger partial charge in [0.05, 0.1) is 0 Å². The maximum atomic E-state index is 13.1. The summed E-state index contributed by atoms with van der Waals surface area (Å²) in [4.78, 5) is 0.357. The van der Waals surface area contributed by atoms with Crippen LogP contribution in [0.3, 0.4) is 0 Å².